The summed E-state index contributed by atoms with van der Waals surface area (Å²) >= 11 is 0. The zero-order chi connectivity index (χ0) is 18.5. The average molecular weight is 361 g/mol. The number of piperazine rings is 1. The average Bonchev–Trinajstić information content (AvgIpc) is 3.10. The van der Waals surface area contributed by atoms with Crippen LogP contribution < -0.4 is 9.80 Å². The van der Waals surface area contributed by atoms with E-state index in [1.807, 2.05) is 16.8 Å². The lowest BCUT2D eigenvalue weighted by atomic mass is 10.1. The summed E-state index contributed by atoms with van der Waals surface area (Å²) in [5.74, 6) is 1.48. The Morgan fingerprint density at radius 1 is 1.19 bits per heavy atom. The number of aryl methyl sites for hydroxylation is 1. The molecule has 1 aliphatic rings. The van der Waals surface area contributed by atoms with Crippen molar-refractivity contribution in [1.29, 1.82) is 0 Å². The number of anilines is 1. The van der Waals surface area contributed by atoms with Gasteiger partial charge in [-0.25, -0.2) is 9.07 Å². The number of tetrazole rings is 1. The van der Waals surface area contributed by atoms with E-state index in [0.717, 1.165) is 51.4 Å². The molecule has 0 unspecified atom stereocenters. The Labute approximate surface area is 155 Å². The standard InChI is InChI=1S/C19H29FN6/c1-4-17(19-21-22-23-26(19)10-9-15(2)3)24-11-13-25(14-12-24)18-8-6-5-7-16(18)20/h5-8,15,17H,4,9-14H2,1-3H3/p+1/t17-/m1/s1. The summed E-state index contributed by atoms with van der Waals surface area (Å²) in [5.41, 5.74) is 0.710. The Bertz CT molecular complexity index is 693. The van der Waals surface area contributed by atoms with E-state index in [1.54, 1.807) is 6.07 Å². The maximum atomic E-state index is 14.0. The smallest absolute Gasteiger partial charge is 0.209 e. The van der Waals surface area contributed by atoms with Crippen molar-refractivity contribution in [2.45, 2.75) is 46.2 Å². The molecular weight excluding hydrogens is 331 g/mol. The highest BCUT2D eigenvalue weighted by Gasteiger charge is 2.31. The second kappa shape index (κ2) is 8.58. The molecule has 0 aliphatic carbocycles. The number of nitrogens with zero attached hydrogens (tertiary/aromatic N) is 5. The van der Waals surface area contributed by atoms with Crippen LogP contribution in [0.4, 0.5) is 10.1 Å². The number of benzene rings is 1. The number of rotatable bonds is 7. The molecule has 1 aromatic heterocycles. The van der Waals surface area contributed by atoms with Crippen molar-refractivity contribution in [3.05, 3.63) is 35.9 Å². The molecule has 1 aromatic carbocycles. The predicted octanol–water partition coefficient (Wildman–Crippen LogP) is 1.71. The van der Waals surface area contributed by atoms with Gasteiger partial charge in [-0.3, -0.25) is 0 Å². The van der Waals surface area contributed by atoms with Crippen molar-refractivity contribution in [2.24, 2.45) is 5.92 Å². The van der Waals surface area contributed by atoms with E-state index in [9.17, 15) is 4.39 Å². The third kappa shape index (κ3) is 4.20. The first-order chi connectivity index (χ1) is 12.6. The summed E-state index contributed by atoms with van der Waals surface area (Å²) < 4.78 is 16.0. The summed E-state index contributed by atoms with van der Waals surface area (Å²) in [5, 5.41) is 12.5. The van der Waals surface area contributed by atoms with E-state index in [-0.39, 0.29) is 5.82 Å². The number of para-hydroxylation sites is 1. The fraction of sp³-hybridized carbons (Fsp3) is 0.632. The van der Waals surface area contributed by atoms with E-state index in [4.69, 9.17) is 0 Å². The van der Waals surface area contributed by atoms with Crippen molar-refractivity contribution in [3.8, 4) is 0 Å². The normalized spacial score (nSPS) is 17.0. The quantitative estimate of drug-likeness (QED) is 0.816. The van der Waals surface area contributed by atoms with Gasteiger partial charge in [0.25, 0.3) is 0 Å². The minimum absolute atomic E-state index is 0.138. The monoisotopic (exact) mass is 361 g/mol. The van der Waals surface area contributed by atoms with Gasteiger partial charge in [-0.05, 0) is 34.9 Å². The van der Waals surface area contributed by atoms with Gasteiger partial charge in [0.2, 0.25) is 5.82 Å². The van der Waals surface area contributed by atoms with E-state index < -0.39 is 0 Å². The van der Waals surface area contributed by atoms with Gasteiger partial charge >= 0.3 is 0 Å². The molecule has 1 atom stereocenters. The van der Waals surface area contributed by atoms with Gasteiger partial charge in [0.1, 0.15) is 11.9 Å². The topological polar surface area (TPSA) is 51.3 Å². The molecule has 7 heteroatoms. The first kappa shape index (κ1) is 18.8. The molecule has 0 bridgehead atoms. The first-order valence-corrected chi connectivity index (χ1v) is 9.70. The number of nitrogens with one attached hydrogen (secondary N) is 1. The highest BCUT2D eigenvalue weighted by Crippen LogP contribution is 2.19. The van der Waals surface area contributed by atoms with Gasteiger partial charge in [-0.15, -0.1) is 5.10 Å². The fourth-order valence-electron chi connectivity index (χ4n) is 3.75. The van der Waals surface area contributed by atoms with Crippen molar-refractivity contribution in [2.75, 3.05) is 31.1 Å². The third-order valence-corrected chi connectivity index (χ3v) is 5.29. The zero-order valence-electron chi connectivity index (χ0n) is 16.0. The Hall–Kier alpha value is -2.02. The summed E-state index contributed by atoms with van der Waals surface area (Å²) in [6, 6.07) is 7.33. The number of aromatic nitrogens is 4. The summed E-state index contributed by atoms with van der Waals surface area (Å²) in [4.78, 5) is 3.63. The minimum Gasteiger partial charge on any atom is -0.358 e. The maximum absolute atomic E-state index is 14.0. The molecule has 0 amide bonds. The minimum atomic E-state index is -0.138. The van der Waals surface area contributed by atoms with Crippen LogP contribution in [0.25, 0.3) is 0 Å². The van der Waals surface area contributed by atoms with Gasteiger partial charge in [0.05, 0.1) is 31.9 Å². The van der Waals surface area contributed by atoms with Crippen LogP contribution in [0.3, 0.4) is 0 Å². The van der Waals surface area contributed by atoms with Crippen molar-refractivity contribution in [1.82, 2.24) is 20.2 Å². The first-order valence-electron chi connectivity index (χ1n) is 9.70. The molecule has 142 valence electrons. The molecule has 3 rings (SSSR count). The van der Waals surface area contributed by atoms with Crippen LogP contribution in [0.1, 0.15) is 45.5 Å². The van der Waals surface area contributed by atoms with Gasteiger partial charge in [0.15, 0.2) is 0 Å². The van der Waals surface area contributed by atoms with Crippen molar-refractivity contribution >= 4 is 5.69 Å². The molecule has 1 fully saturated rings. The molecule has 2 heterocycles. The Morgan fingerprint density at radius 2 is 1.92 bits per heavy atom. The number of halogens is 1. The van der Waals surface area contributed by atoms with Crippen LogP contribution >= 0.6 is 0 Å². The lowest BCUT2D eigenvalue weighted by Crippen LogP contribution is -3.15. The number of quaternary nitrogens is 1. The van der Waals surface area contributed by atoms with Gasteiger partial charge in [0, 0.05) is 13.0 Å². The van der Waals surface area contributed by atoms with Gasteiger partial charge in [-0.1, -0.05) is 32.9 Å². The number of hydrogen-bond acceptors (Lipinski definition) is 4. The van der Waals surface area contributed by atoms with Gasteiger partial charge in [-0.2, -0.15) is 0 Å². The van der Waals surface area contributed by atoms with Crippen molar-refractivity contribution in [3.63, 3.8) is 0 Å². The van der Waals surface area contributed by atoms with Crippen LogP contribution in [0, 0.1) is 11.7 Å². The summed E-state index contributed by atoms with van der Waals surface area (Å²) in [6.07, 6.45) is 2.07. The highest BCUT2D eigenvalue weighted by molar-refractivity contribution is 5.47. The second-order valence-corrected chi connectivity index (χ2v) is 7.50. The molecule has 0 saturated carbocycles. The predicted molar refractivity (Wildman–Crippen MR) is 99.6 cm³/mol. The molecule has 26 heavy (non-hydrogen) atoms. The van der Waals surface area contributed by atoms with Crippen LogP contribution in [-0.4, -0.2) is 46.4 Å². The molecule has 1 aliphatic heterocycles. The highest BCUT2D eigenvalue weighted by atomic mass is 19.1. The maximum Gasteiger partial charge on any atom is 0.209 e. The van der Waals surface area contributed by atoms with Gasteiger partial charge < -0.3 is 9.80 Å². The lowest BCUT2D eigenvalue weighted by molar-refractivity contribution is -0.933. The molecule has 1 saturated heterocycles. The molecule has 1 N–H and O–H groups in total. The third-order valence-electron chi connectivity index (χ3n) is 5.29. The van der Waals surface area contributed by atoms with Crippen LogP contribution in [0.2, 0.25) is 0 Å². The van der Waals surface area contributed by atoms with E-state index in [0.29, 0.717) is 17.6 Å². The molecular formula is C19H30FN6+. The SMILES string of the molecule is CC[C@H](c1nnnn1CCC(C)C)[NH+]1CCN(c2ccccc2F)CC1. The molecule has 0 radical (unpaired) electrons. The number of hydrogen-bond donors (Lipinski definition) is 1. The van der Waals surface area contributed by atoms with Crippen LogP contribution in [0.5, 0.6) is 0 Å². The van der Waals surface area contributed by atoms with Crippen LogP contribution in [-0.2, 0) is 6.54 Å². The van der Waals surface area contributed by atoms with Crippen LogP contribution in [0.15, 0.2) is 24.3 Å². The lowest BCUT2D eigenvalue weighted by Gasteiger charge is -2.37. The molecule has 0 spiro atoms. The second-order valence-electron chi connectivity index (χ2n) is 7.50. The van der Waals surface area contributed by atoms with E-state index >= 15 is 0 Å². The molecule has 6 nitrogen and oxygen atoms in total. The zero-order valence-corrected chi connectivity index (χ0v) is 16.0. The Balaban J connectivity index is 1.66. The van der Waals surface area contributed by atoms with E-state index in [1.165, 1.54) is 11.0 Å². The summed E-state index contributed by atoms with van der Waals surface area (Å²) in [7, 11) is 0. The molecule has 2 aromatic rings. The largest absolute Gasteiger partial charge is 0.358 e. The van der Waals surface area contributed by atoms with Crippen molar-refractivity contribution < 1.29 is 9.29 Å². The fourth-order valence-corrected chi connectivity index (χ4v) is 3.75. The Kier molecular flexibility index (Phi) is 6.19. The van der Waals surface area contributed by atoms with E-state index in [2.05, 4.69) is 41.2 Å². The summed E-state index contributed by atoms with van der Waals surface area (Å²) in [6.45, 7) is 11.1. The Morgan fingerprint density at radius 3 is 2.58 bits per heavy atom.